The summed E-state index contributed by atoms with van der Waals surface area (Å²) in [5.41, 5.74) is 3.97. The van der Waals surface area contributed by atoms with E-state index in [-0.39, 0.29) is 16.5 Å². The fraction of sp³-hybridized carbons (Fsp3) is 0.529. The van der Waals surface area contributed by atoms with Gasteiger partial charge in [-0.25, -0.2) is 8.42 Å². The molecule has 0 amide bonds. The van der Waals surface area contributed by atoms with Crippen molar-refractivity contribution in [3.63, 3.8) is 0 Å². The summed E-state index contributed by atoms with van der Waals surface area (Å²) in [7, 11) is -3.46. The molecule has 1 unspecified atom stereocenters. The monoisotopic (exact) mass is 350 g/mol. The van der Waals surface area contributed by atoms with Crippen LogP contribution < -0.4 is 4.72 Å². The lowest BCUT2D eigenvalue weighted by molar-refractivity contribution is -0.384. The second kappa shape index (κ2) is 5.58. The van der Waals surface area contributed by atoms with Gasteiger partial charge in [0.2, 0.25) is 10.0 Å². The summed E-state index contributed by atoms with van der Waals surface area (Å²) in [4.78, 5) is 10.6. The van der Waals surface area contributed by atoms with E-state index >= 15 is 0 Å². The lowest BCUT2D eigenvalue weighted by Crippen LogP contribution is -2.40. The average molecular weight is 350 g/mol. The summed E-state index contributed by atoms with van der Waals surface area (Å²) in [5.74, 6) is 0.139. The maximum absolute atomic E-state index is 12.5. The number of nitro benzene ring substituents is 1. The smallest absolute Gasteiger partial charge is 0.269 e. The van der Waals surface area contributed by atoms with E-state index in [9.17, 15) is 18.5 Å². The summed E-state index contributed by atoms with van der Waals surface area (Å²) in [6, 6.07) is 4.96. The third-order valence-corrected chi connectivity index (χ3v) is 7.01. The van der Waals surface area contributed by atoms with Crippen molar-refractivity contribution in [3.05, 3.63) is 50.7 Å². The number of nitrogens with zero attached hydrogens (tertiary/aromatic N) is 1. The Morgan fingerprint density at radius 2 is 1.96 bits per heavy atom. The highest BCUT2D eigenvalue weighted by atomic mass is 32.2. The summed E-state index contributed by atoms with van der Waals surface area (Å²) in [6.45, 7) is 5.03. The van der Waals surface area contributed by atoms with E-state index in [1.165, 1.54) is 6.07 Å². The van der Waals surface area contributed by atoms with Crippen molar-refractivity contribution in [2.75, 3.05) is 0 Å². The largest absolute Gasteiger partial charge is 0.287 e. The van der Waals surface area contributed by atoms with Crippen molar-refractivity contribution in [2.24, 2.45) is 5.92 Å². The van der Waals surface area contributed by atoms with Gasteiger partial charge < -0.3 is 0 Å². The van der Waals surface area contributed by atoms with Crippen molar-refractivity contribution in [1.29, 1.82) is 0 Å². The standard InChI is InChI=1S/C17H22N2O4S/c1-17(2,3)24(22,23)18-16-12-4-5-13(16)9-14-10-15(19(20)21)7-6-11(14)8-12/h6-7,10,12,18H,4-5,8-9H2,1-3H3. The number of rotatable bonds is 3. The molecule has 0 fully saturated rings. The van der Waals surface area contributed by atoms with Gasteiger partial charge in [-0.3, -0.25) is 14.8 Å². The Hall–Kier alpha value is -1.89. The van der Waals surface area contributed by atoms with Gasteiger partial charge in [-0.05, 0) is 63.2 Å². The molecule has 1 N–H and O–H groups in total. The predicted molar refractivity (Wildman–Crippen MR) is 92.1 cm³/mol. The van der Waals surface area contributed by atoms with E-state index in [4.69, 9.17) is 0 Å². The maximum atomic E-state index is 12.5. The van der Waals surface area contributed by atoms with Gasteiger partial charge >= 0.3 is 0 Å². The maximum Gasteiger partial charge on any atom is 0.269 e. The van der Waals surface area contributed by atoms with Crippen LogP contribution >= 0.6 is 0 Å². The molecule has 2 aliphatic rings. The second-order valence-corrected chi connectivity index (χ2v) is 10.00. The Kier molecular flexibility index (Phi) is 3.94. The fourth-order valence-corrected chi connectivity index (χ4v) is 4.25. The van der Waals surface area contributed by atoms with Gasteiger partial charge in [0.15, 0.2) is 0 Å². The van der Waals surface area contributed by atoms with Crippen LogP contribution in [0.4, 0.5) is 5.69 Å². The number of nitrogens with one attached hydrogen (secondary N) is 1. The van der Waals surface area contributed by atoms with E-state index in [1.807, 2.05) is 6.07 Å². The molecule has 0 radical (unpaired) electrons. The van der Waals surface area contributed by atoms with Crippen LogP contribution in [0.25, 0.3) is 0 Å². The summed E-state index contributed by atoms with van der Waals surface area (Å²) in [6.07, 6.45) is 3.07. The zero-order valence-electron chi connectivity index (χ0n) is 14.1. The molecule has 0 aromatic heterocycles. The van der Waals surface area contributed by atoms with E-state index in [1.54, 1.807) is 26.8 Å². The average Bonchev–Trinajstić information content (AvgIpc) is 2.72. The van der Waals surface area contributed by atoms with E-state index in [0.29, 0.717) is 6.42 Å². The third kappa shape index (κ3) is 2.92. The highest BCUT2D eigenvalue weighted by Crippen LogP contribution is 2.40. The number of fused-ring (bicyclic) bond motifs is 2. The van der Waals surface area contributed by atoms with Gasteiger partial charge in [0.1, 0.15) is 0 Å². The van der Waals surface area contributed by atoms with Gasteiger partial charge in [0.25, 0.3) is 5.69 Å². The topological polar surface area (TPSA) is 89.3 Å². The van der Waals surface area contributed by atoms with E-state index in [0.717, 1.165) is 41.7 Å². The number of hydrogen-bond donors (Lipinski definition) is 1. The Bertz CT molecular complexity index is 835. The Labute approximate surface area is 142 Å². The first-order chi connectivity index (χ1) is 11.1. The van der Waals surface area contributed by atoms with Gasteiger partial charge in [-0.15, -0.1) is 0 Å². The van der Waals surface area contributed by atoms with Crippen LogP contribution in [0.3, 0.4) is 0 Å². The van der Waals surface area contributed by atoms with Crippen LogP contribution in [0.5, 0.6) is 0 Å². The van der Waals surface area contributed by atoms with Gasteiger partial charge in [-0.1, -0.05) is 6.07 Å². The summed E-state index contributed by atoms with van der Waals surface area (Å²) in [5, 5.41) is 11.0. The zero-order chi connectivity index (χ0) is 17.7. The number of allylic oxidation sites excluding steroid dienone is 2. The minimum atomic E-state index is -3.46. The third-order valence-electron chi connectivity index (χ3n) is 4.91. The van der Waals surface area contributed by atoms with Crippen LogP contribution in [-0.4, -0.2) is 18.1 Å². The van der Waals surface area contributed by atoms with Crippen molar-refractivity contribution in [2.45, 2.75) is 51.2 Å². The first-order valence-electron chi connectivity index (χ1n) is 8.09. The molecule has 0 saturated carbocycles. The quantitative estimate of drug-likeness (QED) is 0.670. The number of nitro groups is 1. The number of hydrogen-bond acceptors (Lipinski definition) is 4. The first-order valence-corrected chi connectivity index (χ1v) is 9.57. The molecule has 2 aliphatic carbocycles. The minimum Gasteiger partial charge on any atom is -0.287 e. The van der Waals surface area contributed by atoms with Gasteiger partial charge in [0.05, 0.1) is 9.67 Å². The van der Waals surface area contributed by atoms with Crippen molar-refractivity contribution in [3.8, 4) is 0 Å². The van der Waals surface area contributed by atoms with Crippen LogP contribution in [0.1, 0.15) is 44.7 Å². The van der Waals surface area contributed by atoms with Crippen LogP contribution in [0.15, 0.2) is 29.5 Å². The molecule has 0 aliphatic heterocycles. The lowest BCUT2D eigenvalue weighted by Gasteiger charge is -2.24. The SMILES string of the molecule is CC(C)(C)S(=O)(=O)NC1=C2CCC1Cc1ccc([N+](=O)[O-])cc1C2. The predicted octanol–water partition coefficient (Wildman–Crippen LogP) is 3.08. The highest BCUT2D eigenvalue weighted by Gasteiger charge is 2.36. The van der Waals surface area contributed by atoms with E-state index in [2.05, 4.69) is 4.72 Å². The molecular formula is C17H22N2O4S. The van der Waals surface area contributed by atoms with Gasteiger partial charge in [-0.2, -0.15) is 0 Å². The Balaban J connectivity index is 1.97. The molecule has 1 aromatic rings. The van der Waals surface area contributed by atoms with Crippen LogP contribution in [0.2, 0.25) is 0 Å². The first kappa shape index (κ1) is 17.0. The van der Waals surface area contributed by atoms with Crippen molar-refractivity contribution < 1.29 is 13.3 Å². The lowest BCUT2D eigenvalue weighted by atomic mass is 9.92. The zero-order valence-corrected chi connectivity index (χ0v) is 14.9. The number of benzene rings is 1. The second-order valence-electron chi connectivity index (χ2n) is 7.56. The molecule has 130 valence electrons. The Morgan fingerprint density at radius 3 is 2.58 bits per heavy atom. The molecule has 1 atom stereocenters. The summed E-state index contributed by atoms with van der Waals surface area (Å²) < 4.78 is 27.0. The normalized spacial score (nSPS) is 20.5. The molecule has 0 saturated heterocycles. The fourth-order valence-electron chi connectivity index (χ4n) is 3.34. The molecule has 1 aromatic carbocycles. The molecule has 0 heterocycles. The molecule has 3 rings (SSSR count). The molecule has 0 spiro atoms. The van der Waals surface area contributed by atoms with Crippen molar-refractivity contribution in [1.82, 2.24) is 4.72 Å². The molecular weight excluding hydrogens is 328 g/mol. The number of sulfonamides is 1. The van der Waals surface area contributed by atoms with Crippen LogP contribution in [0, 0.1) is 16.0 Å². The van der Waals surface area contributed by atoms with Crippen LogP contribution in [-0.2, 0) is 22.9 Å². The number of non-ortho nitro benzene ring substituents is 1. The minimum absolute atomic E-state index is 0.0870. The molecule has 2 bridgehead atoms. The molecule has 6 nitrogen and oxygen atoms in total. The van der Waals surface area contributed by atoms with Gasteiger partial charge in [0, 0.05) is 23.7 Å². The molecule has 24 heavy (non-hydrogen) atoms. The van der Waals surface area contributed by atoms with Crippen molar-refractivity contribution >= 4 is 15.7 Å². The highest BCUT2D eigenvalue weighted by molar-refractivity contribution is 7.90. The van der Waals surface area contributed by atoms with E-state index < -0.39 is 14.8 Å². The Morgan fingerprint density at radius 1 is 1.25 bits per heavy atom. The summed E-state index contributed by atoms with van der Waals surface area (Å²) >= 11 is 0. The molecule has 7 heteroatoms.